The molecule has 1 aromatic rings. The summed E-state index contributed by atoms with van der Waals surface area (Å²) < 4.78 is 44.3. The zero-order chi connectivity index (χ0) is 10.2. The maximum Gasteiger partial charge on any atom is 0.335 e. The fourth-order valence-electron chi connectivity index (χ4n) is 1.24. The van der Waals surface area contributed by atoms with Gasteiger partial charge in [-0.2, -0.15) is 8.42 Å². The molecule has 0 saturated carbocycles. The first-order valence-corrected chi connectivity index (χ1v) is 5.30. The fourth-order valence-corrected chi connectivity index (χ4v) is 1.86. The van der Waals surface area contributed by atoms with E-state index in [4.69, 9.17) is 9.47 Å². The second-order valence-corrected chi connectivity index (χ2v) is 4.03. The van der Waals surface area contributed by atoms with Crippen molar-refractivity contribution in [2.45, 2.75) is 4.90 Å². The van der Waals surface area contributed by atoms with Gasteiger partial charge in [-0.25, -0.2) is 0 Å². The SMILES string of the molecule is O=S(=O)(F)c1cccc2c1OCCO2. The topological polar surface area (TPSA) is 52.6 Å². The van der Waals surface area contributed by atoms with Crippen molar-refractivity contribution in [3.05, 3.63) is 18.2 Å². The van der Waals surface area contributed by atoms with E-state index >= 15 is 0 Å². The molecule has 76 valence electrons. The van der Waals surface area contributed by atoms with Gasteiger partial charge in [-0.1, -0.05) is 6.07 Å². The summed E-state index contributed by atoms with van der Waals surface area (Å²) in [6.07, 6.45) is 0. The Morgan fingerprint density at radius 2 is 1.93 bits per heavy atom. The van der Waals surface area contributed by atoms with Crippen LogP contribution in [-0.4, -0.2) is 21.6 Å². The van der Waals surface area contributed by atoms with E-state index in [-0.39, 0.29) is 18.1 Å². The molecule has 0 saturated heterocycles. The molecule has 0 bridgehead atoms. The van der Waals surface area contributed by atoms with E-state index in [1.165, 1.54) is 12.1 Å². The summed E-state index contributed by atoms with van der Waals surface area (Å²) in [6.45, 7) is 0.558. The molecule has 14 heavy (non-hydrogen) atoms. The zero-order valence-corrected chi connectivity index (χ0v) is 7.88. The minimum absolute atomic E-state index is 0.0405. The fraction of sp³-hybridized carbons (Fsp3) is 0.250. The Morgan fingerprint density at radius 3 is 2.64 bits per heavy atom. The molecule has 0 unspecified atom stereocenters. The van der Waals surface area contributed by atoms with Gasteiger partial charge in [0.1, 0.15) is 18.1 Å². The van der Waals surface area contributed by atoms with Gasteiger partial charge in [-0.05, 0) is 12.1 Å². The molecule has 1 aliphatic heterocycles. The summed E-state index contributed by atoms with van der Waals surface area (Å²) in [5.41, 5.74) is 0. The Hall–Kier alpha value is -1.30. The molecule has 0 aromatic heterocycles. The highest BCUT2D eigenvalue weighted by Crippen LogP contribution is 2.36. The second kappa shape index (κ2) is 3.13. The standard InChI is InChI=1S/C8H7FO4S/c9-14(10,11)7-3-1-2-6-8(7)13-5-4-12-6/h1-3H,4-5H2. The van der Waals surface area contributed by atoms with E-state index in [1.54, 1.807) is 0 Å². The van der Waals surface area contributed by atoms with Crippen LogP contribution in [0, 0.1) is 0 Å². The van der Waals surface area contributed by atoms with Crippen LogP contribution in [0.15, 0.2) is 23.1 Å². The summed E-state index contributed by atoms with van der Waals surface area (Å²) in [5, 5.41) is 0. The van der Waals surface area contributed by atoms with Crippen LogP contribution in [0.5, 0.6) is 11.5 Å². The van der Waals surface area contributed by atoms with Crippen molar-refractivity contribution in [3.63, 3.8) is 0 Å². The van der Waals surface area contributed by atoms with Crippen LogP contribution in [0.1, 0.15) is 0 Å². The number of hydrogen-bond donors (Lipinski definition) is 0. The van der Waals surface area contributed by atoms with Crippen LogP contribution in [0.25, 0.3) is 0 Å². The Morgan fingerprint density at radius 1 is 1.21 bits per heavy atom. The van der Waals surface area contributed by atoms with Crippen LogP contribution >= 0.6 is 0 Å². The predicted molar refractivity (Wildman–Crippen MR) is 45.7 cm³/mol. The van der Waals surface area contributed by atoms with Crippen molar-refractivity contribution < 1.29 is 21.8 Å². The third-order valence-electron chi connectivity index (χ3n) is 1.79. The first kappa shape index (κ1) is 9.26. The number of halogens is 1. The lowest BCUT2D eigenvalue weighted by molar-refractivity contribution is 0.166. The lowest BCUT2D eigenvalue weighted by atomic mass is 10.3. The summed E-state index contributed by atoms with van der Waals surface area (Å²) in [5.74, 6) is 0.219. The van der Waals surface area contributed by atoms with E-state index in [0.717, 1.165) is 6.07 Å². The maximum absolute atomic E-state index is 12.7. The predicted octanol–water partition coefficient (Wildman–Crippen LogP) is 1.12. The van der Waals surface area contributed by atoms with Crippen LogP contribution in [0.4, 0.5) is 3.89 Å². The van der Waals surface area contributed by atoms with Gasteiger partial charge >= 0.3 is 10.2 Å². The van der Waals surface area contributed by atoms with E-state index in [0.29, 0.717) is 6.61 Å². The van der Waals surface area contributed by atoms with Crippen molar-refractivity contribution in [1.82, 2.24) is 0 Å². The monoisotopic (exact) mass is 218 g/mol. The van der Waals surface area contributed by atoms with Crippen molar-refractivity contribution in [1.29, 1.82) is 0 Å². The molecule has 0 atom stereocenters. The highest BCUT2D eigenvalue weighted by molar-refractivity contribution is 7.86. The second-order valence-electron chi connectivity index (χ2n) is 2.72. The summed E-state index contributed by atoms with van der Waals surface area (Å²) >= 11 is 0. The molecule has 0 aliphatic carbocycles. The van der Waals surface area contributed by atoms with Gasteiger partial charge in [0.25, 0.3) is 0 Å². The summed E-state index contributed by atoms with van der Waals surface area (Å²) in [6, 6.07) is 4.08. The molecule has 0 radical (unpaired) electrons. The highest BCUT2D eigenvalue weighted by Gasteiger charge is 2.24. The molecular weight excluding hydrogens is 211 g/mol. The number of ether oxygens (including phenoxy) is 2. The molecule has 0 spiro atoms. The minimum Gasteiger partial charge on any atom is -0.486 e. The Bertz CT molecular complexity index is 454. The number of hydrogen-bond acceptors (Lipinski definition) is 4. The molecule has 0 N–H and O–H groups in total. The van der Waals surface area contributed by atoms with Crippen molar-refractivity contribution in [2.24, 2.45) is 0 Å². The molecule has 6 heteroatoms. The average molecular weight is 218 g/mol. The Balaban J connectivity index is 2.62. The van der Waals surface area contributed by atoms with Gasteiger partial charge in [0.05, 0.1) is 0 Å². The smallest absolute Gasteiger partial charge is 0.335 e. The van der Waals surface area contributed by atoms with Gasteiger partial charge in [0.2, 0.25) is 0 Å². The molecule has 1 heterocycles. The summed E-state index contributed by atoms with van der Waals surface area (Å²) in [7, 11) is -4.75. The first-order valence-electron chi connectivity index (χ1n) is 3.92. The molecular formula is C8H7FO4S. The van der Waals surface area contributed by atoms with Gasteiger partial charge in [0.15, 0.2) is 11.5 Å². The molecule has 2 rings (SSSR count). The van der Waals surface area contributed by atoms with E-state index in [9.17, 15) is 12.3 Å². The Kier molecular flexibility index (Phi) is 2.07. The van der Waals surface area contributed by atoms with Crippen molar-refractivity contribution in [2.75, 3.05) is 13.2 Å². The lowest BCUT2D eigenvalue weighted by Crippen LogP contribution is -2.16. The Labute approximate surface area is 80.5 Å². The van der Waals surface area contributed by atoms with E-state index in [2.05, 4.69) is 0 Å². The number of benzene rings is 1. The van der Waals surface area contributed by atoms with Gasteiger partial charge < -0.3 is 9.47 Å². The molecule has 4 nitrogen and oxygen atoms in total. The quantitative estimate of drug-likeness (QED) is 0.663. The molecule has 1 aliphatic rings. The molecule has 0 amide bonds. The highest BCUT2D eigenvalue weighted by atomic mass is 32.3. The number of para-hydroxylation sites is 1. The third kappa shape index (κ3) is 1.52. The van der Waals surface area contributed by atoms with E-state index < -0.39 is 15.1 Å². The van der Waals surface area contributed by atoms with Gasteiger partial charge in [-0.15, -0.1) is 3.89 Å². The van der Waals surface area contributed by atoms with Crippen LogP contribution in [0.3, 0.4) is 0 Å². The largest absolute Gasteiger partial charge is 0.486 e. The minimum atomic E-state index is -4.75. The number of rotatable bonds is 1. The summed E-state index contributed by atoms with van der Waals surface area (Å²) in [4.78, 5) is -0.477. The van der Waals surface area contributed by atoms with E-state index in [1.807, 2.05) is 0 Å². The zero-order valence-electron chi connectivity index (χ0n) is 7.07. The maximum atomic E-state index is 12.7. The lowest BCUT2D eigenvalue weighted by Gasteiger charge is -2.19. The first-order chi connectivity index (χ1) is 6.59. The average Bonchev–Trinajstić information content (AvgIpc) is 2.15. The normalized spacial score (nSPS) is 15.2. The van der Waals surface area contributed by atoms with Crippen molar-refractivity contribution in [3.8, 4) is 11.5 Å². The molecule has 1 aromatic carbocycles. The van der Waals surface area contributed by atoms with Gasteiger partial charge in [-0.3, -0.25) is 0 Å². The van der Waals surface area contributed by atoms with Crippen LogP contribution in [-0.2, 0) is 10.2 Å². The van der Waals surface area contributed by atoms with Gasteiger partial charge in [0, 0.05) is 0 Å². The molecule has 0 fully saturated rings. The van der Waals surface area contributed by atoms with Crippen LogP contribution in [0.2, 0.25) is 0 Å². The number of fused-ring (bicyclic) bond motifs is 1. The third-order valence-corrected chi connectivity index (χ3v) is 2.64. The van der Waals surface area contributed by atoms with Crippen LogP contribution < -0.4 is 9.47 Å². The van der Waals surface area contributed by atoms with Crippen molar-refractivity contribution >= 4 is 10.2 Å².